The second-order valence-electron chi connectivity index (χ2n) is 10.4. The number of esters is 2. The molecule has 11 nitrogen and oxygen atoms in total. The number of ether oxygens (including phenoxy) is 5. The Labute approximate surface area is 275 Å². The average molecular weight is 661 g/mol. The highest BCUT2D eigenvalue weighted by molar-refractivity contribution is 7.07. The van der Waals surface area contributed by atoms with Crippen molar-refractivity contribution in [1.29, 1.82) is 0 Å². The van der Waals surface area contributed by atoms with Crippen molar-refractivity contribution in [3.63, 3.8) is 0 Å². The molecule has 1 aliphatic rings. The lowest BCUT2D eigenvalue weighted by atomic mass is 9.94. The lowest BCUT2D eigenvalue weighted by Crippen LogP contribution is -2.40. The SMILES string of the molecule is CCCOc1c(OC)cccc1[C@@H]1C(C(=O)OCCOC)=C(C)N=c2s/c(=C/c3ccc(-c4ccc(C(=O)OCC)cc4)o3)c(=O)n21. The Morgan fingerprint density at radius 3 is 2.47 bits per heavy atom. The third kappa shape index (κ3) is 7.08. The number of para-hydroxylation sites is 1. The van der Waals surface area contributed by atoms with E-state index in [4.69, 9.17) is 28.1 Å². The van der Waals surface area contributed by atoms with Gasteiger partial charge in [0.1, 0.15) is 24.2 Å². The summed E-state index contributed by atoms with van der Waals surface area (Å²) in [7, 11) is 3.06. The Hall–Kier alpha value is -4.94. The summed E-state index contributed by atoms with van der Waals surface area (Å²) >= 11 is 1.18. The molecule has 246 valence electrons. The van der Waals surface area contributed by atoms with Crippen molar-refractivity contribution >= 4 is 29.4 Å². The molecule has 0 fully saturated rings. The van der Waals surface area contributed by atoms with Crippen molar-refractivity contribution < 1.29 is 37.7 Å². The summed E-state index contributed by atoms with van der Waals surface area (Å²) in [6.07, 6.45) is 2.38. The lowest BCUT2D eigenvalue weighted by Gasteiger charge is -2.27. The van der Waals surface area contributed by atoms with Crippen LogP contribution in [0.2, 0.25) is 0 Å². The largest absolute Gasteiger partial charge is 0.493 e. The number of rotatable bonds is 13. The van der Waals surface area contributed by atoms with Gasteiger partial charge in [-0.1, -0.05) is 42.5 Å². The summed E-state index contributed by atoms with van der Waals surface area (Å²) in [5, 5.41) is 0. The summed E-state index contributed by atoms with van der Waals surface area (Å²) in [5.41, 5.74) is 2.01. The Morgan fingerprint density at radius 1 is 0.979 bits per heavy atom. The minimum absolute atomic E-state index is 0.0347. The maximum Gasteiger partial charge on any atom is 0.338 e. The minimum Gasteiger partial charge on any atom is -0.493 e. The zero-order valence-electron chi connectivity index (χ0n) is 26.9. The van der Waals surface area contributed by atoms with E-state index in [1.54, 1.807) is 68.5 Å². The topological polar surface area (TPSA) is 128 Å². The predicted octanol–water partition coefficient (Wildman–Crippen LogP) is 4.66. The Kier molecular flexibility index (Phi) is 10.7. The van der Waals surface area contributed by atoms with Crippen LogP contribution < -0.4 is 24.4 Å². The van der Waals surface area contributed by atoms with Crippen LogP contribution >= 0.6 is 11.3 Å². The van der Waals surface area contributed by atoms with Crippen LogP contribution in [0.1, 0.15) is 54.9 Å². The molecule has 5 rings (SSSR count). The van der Waals surface area contributed by atoms with Crippen LogP contribution in [0.25, 0.3) is 17.4 Å². The van der Waals surface area contributed by atoms with Gasteiger partial charge in [-0.05, 0) is 50.6 Å². The number of hydrogen-bond donors (Lipinski definition) is 0. The van der Waals surface area contributed by atoms with Crippen LogP contribution in [-0.4, -0.2) is 57.2 Å². The number of carbonyl (C=O) groups excluding carboxylic acids is 2. The van der Waals surface area contributed by atoms with E-state index in [0.29, 0.717) is 62.4 Å². The van der Waals surface area contributed by atoms with Crippen molar-refractivity contribution in [2.24, 2.45) is 4.99 Å². The summed E-state index contributed by atoms with van der Waals surface area (Å²) in [6.45, 7) is 6.40. The summed E-state index contributed by atoms with van der Waals surface area (Å²) in [4.78, 5) is 44.8. The molecule has 0 unspecified atom stereocenters. The maximum absolute atomic E-state index is 14.2. The van der Waals surface area contributed by atoms with Crippen molar-refractivity contribution in [3.05, 3.63) is 102 Å². The molecule has 47 heavy (non-hydrogen) atoms. The number of benzene rings is 2. The van der Waals surface area contributed by atoms with E-state index in [2.05, 4.69) is 4.99 Å². The number of methoxy groups -OCH3 is 2. The number of hydrogen-bond acceptors (Lipinski definition) is 11. The minimum atomic E-state index is -0.907. The fourth-order valence-corrected chi connectivity index (χ4v) is 6.17. The average Bonchev–Trinajstić information content (AvgIpc) is 3.67. The van der Waals surface area contributed by atoms with Crippen molar-refractivity contribution in [1.82, 2.24) is 4.57 Å². The molecule has 0 amide bonds. The lowest BCUT2D eigenvalue weighted by molar-refractivity contribution is -0.140. The molecular formula is C35H36N2O9S. The Bertz CT molecular complexity index is 1970. The van der Waals surface area contributed by atoms with Crippen LogP contribution in [0.4, 0.5) is 0 Å². The third-order valence-corrected chi connectivity index (χ3v) is 8.30. The van der Waals surface area contributed by atoms with Gasteiger partial charge in [0.05, 0.1) is 48.3 Å². The van der Waals surface area contributed by atoms with Gasteiger partial charge in [0.2, 0.25) is 0 Å². The Morgan fingerprint density at radius 2 is 1.77 bits per heavy atom. The smallest absolute Gasteiger partial charge is 0.338 e. The molecule has 0 spiro atoms. The van der Waals surface area contributed by atoms with Crippen molar-refractivity contribution in [2.45, 2.75) is 33.2 Å². The van der Waals surface area contributed by atoms with Gasteiger partial charge in [-0.3, -0.25) is 9.36 Å². The summed E-state index contributed by atoms with van der Waals surface area (Å²) in [6, 6.07) is 14.9. The first kappa shape index (κ1) is 33.4. The van der Waals surface area contributed by atoms with E-state index in [-0.39, 0.29) is 24.3 Å². The zero-order chi connectivity index (χ0) is 33.5. The first-order valence-electron chi connectivity index (χ1n) is 15.2. The van der Waals surface area contributed by atoms with Gasteiger partial charge in [0.25, 0.3) is 5.56 Å². The van der Waals surface area contributed by atoms with Crippen LogP contribution in [0.3, 0.4) is 0 Å². The fourth-order valence-electron chi connectivity index (χ4n) is 5.14. The van der Waals surface area contributed by atoms with Crippen molar-refractivity contribution in [3.8, 4) is 22.8 Å². The highest BCUT2D eigenvalue weighted by Crippen LogP contribution is 2.41. The van der Waals surface area contributed by atoms with Crippen LogP contribution in [0.15, 0.2) is 80.1 Å². The molecule has 0 bridgehead atoms. The van der Waals surface area contributed by atoms with E-state index in [1.807, 2.05) is 13.0 Å². The number of allylic oxidation sites excluding steroid dienone is 1. The molecule has 0 saturated carbocycles. The molecule has 12 heteroatoms. The number of fused-ring (bicyclic) bond motifs is 1. The highest BCUT2D eigenvalue weighted by atomic mass is 32.1. The van der Waals surface area contributed by atoms with Gasteiger partial charge < -0.3 is 28.1 Å². The third-order valence-electron chi connectivity index (χ3n) is 7.32. The molecule has 0 N–H and O–H groups in total. The van der Waals surface area contributed by atoms with Gasteiger partial charge in [0.15, 0.2) is 16.3 Å². The van der Waals surface area contributed by atoms with Gasteiger partial charge in [-0.2, -0.15) is 0 Å². The highest BCUT2D eigenvalue weighted by Gasteiger charge is 2.36. The molecule has 1 atom stereocenters. The van der Waals surface area contributed by atoms with Gasteiger partial charge in [-0.25, -0.2) is 14.6 Å². The van der Waals surface area contributed by atoms with Crippen molar-refractivity contribution in [2.75, 3.05) is 40.6 Å². The van der Waals surface area contributed by atoms with E-state index in [0.717, 1.165) is 12.0 Å². The molecule has 2 aromatic heterocycles. The van der Waals surface area contributed by atoms with E-state index >= 15 is 0 Å². The number of carbonyl (C=O) groups is 2. The molecular weight excluding hydrogens is 624 g/mol. The molecule has 0 radical (unpaired) electrons. The number of furan rings is 1. The van der Waals surface area contributed by atoms with E-state index in [1.165, 1.54) is 30.1 Å². The summed E-state index contributed by atoms with van der Waals surface area (Å²) < 4.78 is 35.3. The summed E-state index contributed by atoms with van der Waals surface area (Å²) in [5.74, 6) is 0.892. The zero-order valence-corrected chi connectivity index (χ0v) is 27.7. The molecule has 1 aliphatic heterocycles. The molecule has 2 aromatic carbocycles. The quantitative estimate of drug-likeness (QED) is 0.149. The molecule has 0 aliphatic carbocycles. The second kappa shape index (κ2) is 15.1. The monoisotopic (exact) mass is 660 g/mol. The molecule has 4 aromatic rings. The predicted molar refractivity (Wildman–Crippen MR) is 175 cm³/mol. The second-order valence-corrected chi connectivity index (χ2v) is 11.4. The van der Waals surface area contributed by atoms with Gasteiger partial charge in [-0.15, -0.1) is 0 Å². The van der Waals surface area contributed by atoms with Crippen LogP contribution in [-0.2, 0) is 19.0 Å². The number of aromatic nitrogens is 1. The standard InChI is InChI=1S/C35H36N2O9S/c1-6-17-44-31-25(9-8-10-27(31)42-5)30-29(34(40)45-19-18-41-4)21(3)36-35-37(30)32(38)28(47-35)20-24-15-16-26(46-24)22-11-13-23(14-12-22)33(39)43-7-2/h8-16,20,30H,6-7,17-19H2,1-5H3/b28-20+/t30-/m1/s1. The van der Waals surface area contributed by atoms with E-state index < -0.39 is 18.0 Å². The molecule has 0 saturated heterocycles. The number of nitrogens with zero attached hydrogens (tertiary/aromatic N) is 2. The fraction of sp³-hybridized carbons (Fsp3) is 0.314. The first-order chi connectivity index (χ1) is 22.8. The normalized spacial score (nSPS) is 14.4. The maximum atomic E-state index is 14.2. The van der Waals surface area contributed by atoms with E-state index in [9.17, 15) is 14.4 Å². The Balaban J connectivity index is 1.59. The number of thiazole rings is 1. The first-order valence-corrected chi connectivity index (χ1v) is 16.0. The van der Waals surface area contributed by atoms with Gasteiger partial charge >= 0.3 is 11.9 Å². The van der Waals surface area contributed by atoms with Gasteiger partial charge in [0, 0.05) is 24.3 Å². The van der Waals surface area contributed by atoms with Crippen LogP contribution in [0, 0.1) is 0 Å². The molecule has 3 heterocycles. The van der Waals surface area contributed by atoms with Crippen LogP contribution in [0.5, 0.6) is 11.5 Å².